The van der Waals surface area contributed by atoms with E-state index in [1.807, 2.05) is 6.92 Å². The van der Waals surface area contributed by atoms with Gasteiger partial charge >= 0.3 is 11.9 Å². The smallest absolute Gasteiger partial charge is 0.342 e. The monoisotopic (exact) mass is 332 g/mol. The Morgan fingerprint density at radius 2 is 1.83 bits per heavy atom. The van der Waals surface area contributed by atoms with E-state index in [0.717, 1.165) is 0 Å². The van der Waals surface area contributed by atoms with Crippen molar-refractivity contribution in [3.63, 3.8) is 0 Å². The van der Waals surface area contributed by atoms with E-state index in [2.05, 4.69) is 4.98 Å². The number of carboxylic acids is 2. The number of carboxylic acid groups (broad SMARTS) is 2. The van der Waals surface area contributed by atoms with Gasteiger partial charge in [0.05, 0.1) is 6.61 Å². The van der Waals surface area contributed by atoms with Crippen molar-refractivity contribution >= 4 is 17.8 Å². The lowest BCUT2D eigenvalue weighted by Crippen LogP contribution is -2.24. The molecule has 8 heteroatoms. The second-order valence-electron chi connectivity index (χ2n) is 5.02. The predicted molar refractivity (Wildman–Crippen MR) is 86.7 cm³/mol. The Morgan fingerprint density at radius 1 is 1.21 bits per heavy atom. The molecule has 24 heavy (non-hydrogen) atoms. The number of nitrogen functional groups attached to an aromatic ring is 1. The highest BCUT2D eigenvalue weighted by molar-refractivity contribution is 6.07. The number of aromatic amines is 1. The molecule has 0 fully saturated rings. The largest absolute Gasteiger partial charge is 0.494 e. The first-order valence-corrected chi connectivity index (χ1v) is 7.04. The molecule has 0 amide bonds. The summed E-state index contributed by atoms with van der Waals surface area (Å²) in [4.78, 5) is 37.0. The number of hydrogen-bond acceptors (Lipinski definition) is 5. The van der Waals surface area contributed by atoms with Gasteiger partial charge in [0.1, 0.15) is 22.7 Å². The van der Waals surface area contributed by atoms with Crippen LogP contribution in [0.15, 0.2) is 23.0 Å². The summed E-state index contributed by atoms with van der Waals surface area (Å²) in [5, 5.41) is 18.7. The van der Waals surface area contributed by atoms with Gasteiger partial charge in [-0.3, -0.25) is 4.79 Å². The lowest BCUT2D eigenvalue weighted by molar-refractivity contribution is 0.0695. The first-order valence-electron chi connectivity index (χ1n) is 7.04. The van der Waals surface area contributed by atoms with Crippen molar-refractivity contribution in [3.8, 4) is 16.9 Å². The van der Waals surface area contributed by atoms with Crippen molar-refractivity contribution in [2.45, 2.75) is 13.8 Å². The van der Waals surface area contributed by atoms with Crippen molar-refractivity contribution in [1.82, 2.24) is 4.98 Å². The van der Waals surface area contributed by atoms with E-state index < -0.39 is 34.4 Å². The summed E-state index contributed by atoms with van der Waals surface area (Å²) in [7, 11) is 0. The molecule has 2 rings (SSSR count). The van der Waals surface area contributed by atoms with E-state index in [4.69, 9.17) is 10.5 Å². The summed E-state index contributed by atoms with van der Waals surface area (Å²) >= 11 is 0. The Morgan fingerprint density at radius 3 is 2.33 bits per heavy atom. The van der Waals surface area contributed by atoms with Gasteiger partial charge in [-0.1, -0.05) is 6.07 Å². The molecule has 0 aliphatic rings. The van der Waals surface area contributed by atoms with Crippen LogP contribution < -0.4 is 16.0 Å². The third-order valence-corrected chi connectivity index (χ3v) is 3.44. The third-order valence-electron chi connectivity index (χ3n) is 3.44. The fourth-order valence-corrected chi connectivity index (χ4v) is 2.46. The number of nitrogens with two attached hydrogens (primary N) is 1. The van der Waals surface area contributed by atoms with Crippen LogP contribution in [0.25, 0.3) is 11.1 Å². The Balaban J connectivity index is 2.86. The standard InChI is InChI=1S/C16H16N2O6/c1-3-24-9-5-4-8(6-7(9)2)10-11(15(20)21)13(17)18-14(19)12(10)16(22)23/h4-6H,3H2,1-2H3,(H,20,21)(H,22,23)(H3,17,18,19). The summed E-state index contributed by atoms with van der Waals surface area (Å²) in [6.45, 7) is 3.99. The van der Waals surface area contributed by atoms with E-state index in [9.17, 15) is 24.6 Å². The fraction of sp³-hybridized carbons (Fsp3) is 0.188. The zero-order valence-electron chi connectivity index (χ0n) is 13.0. The molecule has 0 aliphatic heterocycles. The Labute approximate surface area is 136 Å². The maximum Gasteiger partial charge on any atom is 0.342 e. The van der Waals surface area contributed by atoms with Gasteiger partial charge in [-0.15, -0.1) is 0 Å². The highest BCUT2D eigenvalue weighted by Crippen LogP contribution is 2.32. The zero-order chi connectivity index (χ0) is 18.0. The van der Waals surface area contributed by atoms with Gasteiger partial charge in [0, 0.05) is 5.56 Å². The average molecular weight is 332 g/mol. The molecule has 126 valence electrons. The molecule has 0 radical (unpaired) electrons. The van der Waals surface area contributed by atoms with Gasteiger partial charge < -0.3 is 25.7 Å². The molecule has 0 aliphatic carbocycles. The van der Waals surface area contributed by atoms with Crippen LogP contribution in [-0.4, -0.2) is 33.7 Å². The molecule has 0 unspecified atom stereocenters. The molecule has 0 atom stereocenters. The number of H-pyrrole nitrogens is 1. The molecular weight excluding hydrogens is 316 g/mol. The average Bonchev–Trinajstić information content (AvgIpc) is 2.47. The molecule has 8 nitrogen and oxygen atoms in total. The Bertz CT molecular complexity index is 885. The minimum atomic E-state index is -1.54. The van der Waals surface area contributed by atoms with Crippen LogP contribution >= 0.6 is 0 Å². The van der Waals surface area contributed by atoms with Crippen LogP contribution in [0.5, 0.6) is 5.75 Å². The van der Waals surface area contributed by atoms with Gasteiger partial charge in [0.25, 0.3) is 5.56 Å². The second kappa shape index (κ2) is 6.45. The number of benzene rings is 1. The Hall–Kier alpha value is -3.29. The number of rotatable bonds is 5. The van der Waals surface area contributed by atoms with Gasteiger partial charge in [0.15, 0.2) is 0 Å². The highest BCUT2D eigenvalue weighted by atomic mass is 16.5. The number of hydrogen-bond donors (Lipinski definition) is 4. The molecular formula is C16H16N2O6. The predicted octanol–water partition coefficient (Wildman–Crippen LogP) is 1.73. The van der Waals surface area contributed by atoms with Gasteiger partial charge in [-0.05, 0) is 37.1 Å². The molecule has 2 aromatic rings. The number of aromatic carboxylic acids is 2. The number of aryl methyl sites for hydroxylation is 1. The molecule has 1 aromatic carbocycles. The van der Waals surface area contributed by atoms with Crippen LogP contribution in [0, 0.1) is 6.92 Å². The second-order valence-corrected chi connectivity index (χ2v) is 5.02. The maximum atomic E-state index is 12.0. The molecule has 0 saturated heterocycles. The SMILES string of the molecule is CCOc1ccc(-c2c(C(=O)O)c(N)[nH]c(=O)c2C(=O)O)cc1C. The number of nitrogens with one attached hydrogen (secondary N) is 1. The topological polar surface area (TPSA) is 143 Å². The van der Waals surface area contributed by atoms with E-state index in [0.29, 0.717) is 17.9 Å². The van der Waals surface area contributed by atoms with Crippen molar-refractivity contribution in [2.24, 2.45) is 0 Å². The number of carbonyl (C=O) groups is 2. The van der Waals surface area contributed by atoms with Gasteiger partial charge in [0.2, 0.25) is 0 Å². The molecule has 5 N–H and O–H groups in total. The minimum Gasteiger partial charge on any atom is -0.494 e. The van der Waals surface area contributed by atoms with Crippen LogP contribution in [0.3, 0.4) is 0 Å². The lowest BCUT2D eigenvalue weighted by atomic mass is 9.94. The normalized spacial score (nSPS) is 10.4. The number of ether oxygens (including phenoxy) is 1. The summed E-state index contributed by atoms with van der Waals surface area (Å²) in [6.07, 6.45) is 0. The minimum absolute atomic E-state index is 0.234. The first kappa shape index (κ1) is 17.1. The van der Waals surface area contributed by atoms with Crippen LogP contribution in [0.1, 0.15) is 33.2 Å². The molecule has 1 heterocycles. The molecule has 1 aromatic heterocycles. The summed E-state index contributed by atoms with van der Waals surface area (Å²) in [5.41, 5.74) is 4.17. The summed E-state index contributed by atoms with van der Waals surface area (Å²) < 4.78 is 5.41. The fourth-order valence-electron chi connectivity index (χ4n) is 2.46. The van der Waals surface area contributed by atoms with E-state index in [-0.39, 0.29) is 11.1 Å². The van der Waals surface area contributed by atoms with Crippen LogP contribution in [0.4, 0.5) is 5.82 Å². The van der Waals surface area contributed by atoms with Crippen molar-refractivity contribution < 1.29 is 24.5 Å². The quantitative estimate of drug-likeness (QED) is 0.653. The van der Waals surface area contributed by atoms with Crippen molar-refractivity contribution in [3.05, 3.63) is 45.2 Å². The molecule has 0 bridgehead atoms. The summed E-state index contributed by atoms with van der Waals surface area (Å²) in [5.74, 6) is -2.81. The number of pyridine rings is 1. The Kier molecular flexibility index (Phi) is 4.59. The molecule has 0 saturated carbocycles. The van der Waals surface area contributed by atoms with E-state index in [1.54, 1.807) is 19.1 Å². The van der Waals surface area contributed by atoms with Crippen molar-refractivity contribution in [2.75, 3.05) is 12.3 Å². The highest BCUT2D eigenvalue weighted by Gasteiger charge is 2.26. The number of aromatic nitrogens is 1. The molecule has 0 spiro atoms. The van der Waals surface area contributed by atoms with Gasteiger partial charge in [-0.2, -0.15) is 0 Å². The van der Waals surface area contributed by atoms with Crippen molar-refractivity contribution in [1.29, 1.82) is 0 Å². The maximum absolute atomic E-state index is 12.0. The van der Waals surface area contributed by atoms with E-state index in [1.165, 1.54) is 6.07 Å². The third kappa shape index (κ3) is 2.94. The lowest BCUT2D eigenvalue weighted by Gasteiger charge is -2.14. The number of anilines is 1. The zero-order valence-corrected chi connectivity index (χ0v) is 13.0. The van der Waals surface area contributed by atoms with Crippen LogP contribution in [-0.2, 0) is 0 Å². The van der Waals surface area contributed by atoms with E-state index >= 15 is 0 Å². The summed E-state index contributed by atoms with van der Waals surface area (Å²) in [6, 6.07) is 4.63. The van der Waals surface area contributed by atoms with Crippen LogP contribution in [0.2, 0.25) is 0 Å². The van der Waals surface area contributed by atoms with Gasteiger partial charge in [-0.25, -0.2) is 9.59 Å². The first-order chi connectivity index (χ1) is 11.3.